The average Bonchev–Trinajstić information content (AvgIpc) is 2.79. The molecule has 0 aliphatic carbocycles. The minimum Gasteiger partial charge on any atom is -0.455 e. The van der Waals surface area contributed by atoms with Gasteiger partial charge in [0, 0.05) is 0 Å². The number of nitrogens with zero attached hydrogens (tertiary/aromatic N) is 1. The van der Waals surface area contributed by atoms with Crippen molar-refractivity contribution in [3.63, 3.8) is 0 Å². The van der Waals surface area contributed by atoms with Crippen LogP contribution in [0.4, 0.5) is 11.4 Å². The average molecular weight is 384 g/mol. The molecular weight excluding hydrogens is 372 g/mol. The highest BCUT2D eigenvalue weighted by molar-refractivity contribution is 6.32. The van der Waals surface area contributed by atoms with E-state index in [0.29, 0.717) is 16.5 Å². The smallest absolute Gasteiger partial charge is 0.324 e. The molecule has 0 radical (unpaired) electrons. The fourth-order valence-electron chi connectivity index (χ4n) is 2.68. The molecule has 1 aliphatic heterocycles. The van der Waals surface area contributed by atoms with Gasteiger partial charge < -0.3 is 14.8 Å². The van der Waals surface area contributed by atoms with Gasteiger partial charge in [0.15, 0.2) is 17.2 Å². The highest BCUT2D eigenvalue weighted by Crippen LogP contribution is 2.43. The third-order valence-corrected chi connectivity index (χ3v) is 4.22. The molecule has 134 valence electrons. The second-order valence-corrected chi connectivity index (χ2v) is 6.08. The van der Waals surface area contributed by atoms with Gasteiger partial charge in [-0.15, -0.1) is 0 Å². The number of halogens is 1. The second-order valence-electron chi connectivity index (χ2n) is 5.67. The molecule has 8 heteroatoms. The number of anilines is 1. The van der Waals surface area contributed by atoms with E-state index >= 15 is 0 Å². The van der Waals surface area contributed by atoms with Gasteiger partial charge in [0.1, 0.15) is 11.3 Å². The van der Waals surface area contributed by atoms with Crippen molar-refractivity contribution < 1.29 is 24.4 Å². The third-order valence-electron chi connectivity index (χ3n) is 3.91. The SMILES string of the molecule is O=C1Nc2ccccc2Oc2cc([N+](=O)O)cc(Oc3ccccc3Cl)c21. The van der Waals surface area contributed by atoms with Crippen LogP contribution >= 0.6 is 11.6 Å². The first-order valence-corrected chi connectivity index (χ1v) is 8.25. The number of benzene rings is 3. The van der Waals surface area contributed by atoms with Crippen molar-refractivity contribution in [3.8, 4) is 23.0 Å². The molecule has 1 amide bonds. The molecule has 0 saturated heterocycles. The maximum Gasteiger partial charge on any atom is 0.324 e. The van der Waals surface area contributed by atoms with Crippen LogP contribution in [0.15, 0.2) is 60.7 Å². The van der Waals surface area contributed by atoms with E-state index in [1.807, 2.05) is 0 Å². The molecule has 3 aromatic carbocycles. The number of amides is 1. The molecule has 0 unspecified atom stereocenters. The van der Waals surface area contributed by atoms with Gasteiger partial charge in [-0.2, -0.15) is 0 Å². The number of nitrogens with one attached hydrogen (secondary N) is 1. The molecule has 4 rings (SSSR count). The molecule has 0 fully saturated rings. The lowest BCUT2D eigenvalue weighted by Crippen LogP contribution is -2.12. The fraction of sp³-hybridized carbons (Fsp3) is 0. The Labute approximate surface area is 158 Å². The molecule has 0 bridgehead atoms. The van der Waals surface area contributed by atoms with Crippen molar-refractivity contribution in [2.75, 3.05) is 5.32 Å². The molecule has 0 atom stereocenters. The van der Waals surface area contributed by atoms with Gasteiger partial charge in [-0.25, -0.2) is 5.21 Å². The molecule has 1 aliphatic rings. The summed E-state index contributed by atoms with van der Waals surface area (Å²) in [4.78, 5) is 23.9. The fourth-order valence-corrected chi connectivity index (χ4v) is 2.85. The van der Waals surface area contributed by atoms with Gasteiger partial charge in [-0.1, -0.05) is 35.9 Å². The number of hydrogen-bond donors (Lipinski definition) is 2. The Morgan fingerprint density at radius 2 is 1.74 bits per heavy atom. The summed E-state index contributed by atoms with van der Waals surface area (Å²) < 4.78 is 11.6. The van der Waals surface area contributed by atoms with Crippen LogP contribution in [0.2, 0.25) is 5.02 Å². The van der Waals surface area contributed by atoms with Crippen LogP contribution in [0.3, 0.4) is 0 Å². The Kier molecular flexibility index (Phi) is 4.13. The standard InChI is InChI=1S/C19H11ClN2O5/c20-12-5-1-3-7-14(12)26-16-9-11(22(24)25)10-17-18(16)19(23)21-13-6-2-4-8-15(13)27-17/h1-10H,(H-,21,23,24,25)/p+1. The lowest BCUT2D eigenvalue weighted by Gasteiger charge is -2.12. The predicted octanol–water partition coefficient (Wildman–Crippen LogP) is 5.29. The lowest BCUT2D eigenvalue weighted by molar-refractivity contribution is -0.729. The topological polar surface area (TPSA) is 87.9 Å². The molecule has 1 heterocycles. The second kappa shape index (κ2) is 6.62. The van der Waals surface area contributed by atoms with Gasteiger partial charge >= 0.3 is 5.69 Å². The van der Waals surface area contributed by atoms with Gasteiger partial charge in [-0.05, 0) is 24.3 Å². The monoisotopic (exact) mass is 383 g/mol. The molecule has 3 aromatic rings. The summed E-state index contributed by atoms with van der Waals surface area (Å²) >= 11 is 6.12. The van der Waals surface area contributed by atoms with Crippen molar-refractivity contribution in [2.45, 2.75) is 0 Å². The van der Waals surface area contributed by atoms with Crippen molar-refractivity contribution in [3.05, 3.63) is 76.2 Å². The van der Waals surface area contributed by atoms with E-state index in [-0.39, 0.29) is 33.4 Å². The zero-order valence-electron chi connectivity index (χ0n) is 13.7. The minimum atomic E-state index is -0.487. The maximum absolute atomic E-state index is 12.8. The van der Waals surface area contributed by atoms with Crippen LogP contribution in [0.5, 0.6) is 23.0 Å². The number of carbonyl (C=O) groups is 1. The van der Waals surface area contributed by atoms with E-state index < -0.39 is 5.91 Å². The summed E-state index contributed by atoms with van der Waals surface area (Å²) in [6, 6.07) is 16.0. The summed E-state index contributed by atoms with van der Waals surface area (Å²) in [6.07, 6.45) is 0. The van der Waals surface area contributed by atoms with Crippen molar-refractivity contribution >= 4 is 28.9 Å². The van der Waals surface area contributed by atoms with E-state index in [1.165, 1.54) is 12.1 Å². The maximum atomic E-state index is 12.8. The molecule has 2 N–H and O–H groups in total. The first kappa shape index (κ1) is 16.9. The summed E-state index contributed by atoms with van der Waals surface area (Å²) in [7, 11) is 0. The van der Waals surface area contributed by atoms with Gasteiger partial charge in [0.2, 0.25) is 0 Å². The molecular formula is C19H12ClN2O5+. The van der Waals surface area contributed by atoms with Crippen LogP contribution in [0.25, 0.3) is 0 Å². The number of para-hydroxylation sites is 3. The third kappa shape index (κ3) is 3.16. The Morgan fingerprint density at radius 1 is 1.00 bits per heavy atom. The van der Waals surface area contributed by atoms with Crippen LogP contribution in [0.1, 0.15) is 10.4 Å². The summed E-state index contributed by atoms with van der Waals surface area (Å²) in [5.74, 6) is 0.256. The highest BCUT2D eigenvalue weighted by Gasteiger charge is 2.30. The number of carbonyl (C=O) groups excluding carboxylic acids is 1. The molecule has 0 aromatic heterocycles. The normalized spacial score (nSPS) is 12.1. The van der Waals surface area contributed by atoms with Crippen LogP contribution in [-0.4, -0.2) is 16.0 Å². The number of hydrogen-bond acceptors (Lipinski definition) is 4. The van der Waals surface area contributed by atoms with Crippen molar-refractivity contribution in [2.24, 2.45) is 0 Å². The zero-order valence-corrected chi connectivity index (χ0v) is 14.4. The first-order chi connectivity index (χ1) is 13.0. The molecule has 27 heavy (non-hydrogen) atoms. The van der Waals surface area contributed by atoms with E-state index in [9.17, 15) is 14.9 Å². The molecule has 0 spiro atoms. The van der Waals surface area contributed by atoms with Gasteiger partial charge in [-0.3, -0.25) is 4.79 Å². The van der Waals surface area contributed by atoms with Gasteiger partial charge in [0.05, 0.1) is 27.7 Å². The lowest BCUT2D eigenvalue weighted by atomic mass is 10.1. The quantitative estimate of drug-likeness (QED) is 0.600. The van der Waals surface area contributed by atoms with Gasteiger partial charge in [0.25, 0.3) is 10.8 Å². The highest BCUT2D eigenvalue weighted by atomic mass is 35.5. The number of rotatable bonds is 3. The summed E-state index contributed by atoms with van der Waals surface area (Å²) in [5.41, 5.74) is 0.367. The van der Waals surface area contributed by atoms with Crippen LogP contribution < -0.4 is 14.8 Å². The first-order valence-electron chi connectivity index (χ1n) is 7.88. The largest absolute Gasteiger partial charge is 0.455 e. The van der Waals surface area contributed by atoms with Crippen LogP contribution in [0, 0.1) is 4.91 Å². The zero-order chi connectivity index (χ0) is 19.0. The van der Waals surface area contributed by atoms with E-state index in [2.05, 4.69) is 5.32 Å². The van der Waals surface area contributed by atoms with Crippen molar-refractivity contribution in [1.82, 2.24) is 0 Å². The number of fused-ring (bicyclic) bond motifs is 2. The van der Waals surface area contributed by atoms with Crippen molar-refractivity contribution in [1.29, 1.82) is 0 Å². The van der Waals surface area contributed by atoms with E-state index in [0.717, 1.165) is 0 Å². The Hall–Kier alpha value is -3.58. The Balaban J connectivity index is 1.89. The Bertz CT molecular complexity index is 1080. The molecule has 7 nitrogen and oxygen atoms in total. The van der Waals surface area contributed by atoms with E-state index in [4.69, 9.17) is 21.1 Å². The predicted molar refractivity (Wildman–Crippen MR) is 97.5 cm³/mol. The summed E-state index contributed by atoms with van der Waals surface area (Å²) in [6.45, 7) is 0. The summed E-state index contributed by atoms with van der Waals surface area (Å²) in [5, 5.41) is 12.4. The molecule has 0 saturated carbocycles. The number of ether oxygens (including phenoxy) is 2. The minimum absolute atomic E-state index is 0.0100. The Morgan fingerprint density at radius 3 is 2.52 bits per heavy atom. The van der Waals surface area contributed by atoms with E-state index in [1.54, 1.807) is 48.5 Å². The van der Waals surface area contributed by atoms with Crippen LogP contribution in [-0.2, 0) is 0 Å².